The number of pyridine rings is 3. The quantitative estimate of drug-likeness (QED) is 0.252. The van der Waals surface area contributed by atoms with Crippen molar-refractivity contribution in [2.45, 2.75) is 25.8 Å². The largest absolute Gasteiger partial charge is 0.337 e. The standard InChI is InChI=1S/C28H22F2N8OS/c1-15(39)21-2-3-22(40-21)25-24-20(4-6-32-25)34-27(35-24)23-19-9-18(12-33-26(19)37-36-23)17-8-16(10-31-11-17)13-38-7-5-28(29,30)14-38/h2-4,6,8-12H,5,7,13-14H2,1H3,(H,34,35)(H,33,36,37). The Morgan fingerprint density at radius 3 is 2.80 bits per heavy atom. The number of alkyl halides is 2. The minimum atomic E-state index is -2.63. The van der Waals surface area contributed by atoms with Gasteiger partial charge in [-0.2, -0.15) is 5.10 Å². The first-order valence-electron chi connectivity index (χ1n) is 12.7. The van der Waals surface area contributed by atoms with Crippen LogP contribution in [0.1, 0.15) is 28.6 Å². The van der Waals surface area contributed by atoms with Gasteiger partial charge in [-0.25, -0.2) is 18.7 Å². The number of H-pyrrole nitrogens is 2. The molecule has 9 nitrogen and oxygen atoms in total. The molecule has 0 aromatic carbocycles. The summed E-state index contributed by atoms with van der Waals surface area (Å²) in [6, 6.07) is 9.47. The predicted molar refractivity (Wildman–Crippen MR) is 148 cm³/mol. The van der Waals surface area contributed by atoms with E-state index in [1.54, 1.807) is 42.7 Å². The summed E-state index contributed by atoms with van der Waals surface area (Å²) < 4.78 is 27.3. The highest BCUT2D eigenvalue weighted by Gasteiger charge is 2.37. The number of aromatic nitrogens is 7. The molecule has 1 fully saturated rings. The van der Waals surface area contributed by atoms with Crippen molar-refractivity contribution in [3.05, 3.63) is 65.6 Å². The molecule has 0 aliphatic carbocycles. The highest BCUT2D eigenvalue weighted by molar-refractivity contribution is 7.17. The lowest BCUT2D eigenvalue weighted by Crippen LogP contribution is -2.24. The number of nitrogens with zero attached hydrogens (tertiary/aromatic N) is 6. The number of aromatic amines is 2. The molecule has 0 unspecified atom stereocenters. The van der Waals surface area contributed by atoms with Gasteiger partial charge in [0, 0.05) is 55.4 Å². The molecule has 0 spiro atoms. The average Bonchev–Trinajstić information content (AvgIpc) is 3.73. The maximum atomic E-state index is 13.6. The lowest BCUT2D eigenvalue weighted by Gasteiger charge is -2.15. The van der Waals surface area contributed by atoms with E-state index < -0.39 is 5.92 Å². The fourth-order valence-electron chi connectivity index (χ4n) is 5.06. The van der Waals surface area contributed by atoms with Crippen LogP contribution in [0.4, 0.5) is 8.78 Å². The van der Waals surface area contributed by atoms with Crippen LogP contribution < -0.4 is 0 Å². The summed E-state index contributed by atoms with van der Waals surface area (Å²) >= 11 is 1.39. The number of ketones is 1. The van der Waals surface area contributed by atoms with E-state index in [0.29, 0.717) is 46.3 Å². The molecular weight excluding hydrogens is 534 g/mol. The normalized spacial score (nSPS) is 15.4. The van der Waals surface area contributed by atoms with Gasteiger partial charge in [0.25, 0.3) is 5.92 Å². The van der Waals surface area contributed by atoms with Crippen molar-refractivity contribution in [3.8, 4) is 33.2 Å². The van der Waals surface area contributed by atoms with Crippen molar-refractivity contribution in [1.29, 1.82) is 0 Å². The van der Waals surface area contributed by atoms with Gasteiger partial charge in [-0.05, 0) is 42.8 Å². The second kappa shape index (κ2) is 9.35. The Balaban J connectivity index is 1.24. The molecule has 0 atom stereocenters. The fraction of sp³-hybridized carbons (Fsp3) is 0.214. The summed E-state index contributed by atoms with van der Waals surface area (Å²) in [5, 5.41) is 8.18. The summed E-state index contributed by atoms with van der Waals surface area (Å²) in [5.41, 5.74) is 5.90. The van der Waals surface area contributed by atoms with E-state index in [1.807, 2.05) is 24.3 Å². The van der Waals surface area contributed by atoms with Gasteiger partial charge in [-0.15, -0.1) is 11.3 Å². The van der Waals surface area contributed by atoms with Gasteiger partial charge in [-0.1, -0.05) is 0 Å². The molecule has 1 aliphatic rings. The number of fused-ring (bicyclic) bond motifs is 2. The third-order valence-electron chi connectivity index (χ3n) is 7.02. The first-order valence-corrected chi connectivity index (χ1v) is 13.5. The van der Waals surface area contributed by atoms with Crippen molar-refractivity contribution >= 4 is 39.2 Å². The van der Waals surface area contributed by atoms with Crippen molar-refractivity contribution in [2.24, 2.45) is 0 Å². The molecular formula is C28H22F2N8OS. The van der Waals surface area contributed by atoms with Crippen LogP contribution in [-0.2, 0) is 6.54 Å². The Hall–Kier alpha value is -4.42. The van der Waals surface area contributed by atoms with E-state index in [-0.39, 0.29) is 18.7 Å². The molecule has 0 saturated carbocycles. The molecule has 40 heavy (non-hydrogen) atoms. The number of halogens is 2. The lowest BCUT2D eigenvalue weighted by molar-refractivity contribution is 0.0115. The second-order valence-corrected chi connectivity index (χ2v) is 11.0. The Morgan fingerprint density at radius 2 is 2.00 bits per heavy atom. The summed E-state index contributed by atoms with van der Waals surface area (Å²) in [4.78, 5) is 36.7. The van der Waals surface area contributed by atoms with Gasteiger partial charge in [-0.3, -0.25) is 24.8 Å². The molecule has 200 valence electrons. The second-order valence-electron chi connectivity index (χ2n) is 9.95. The van der Waals surface area contributed by atoms with E-state index >= 15 is 0 Å². The number of hydrogen-bond donors (Lipinski definition) is 2. The minimum absolute atomic E-state index is 0.0108. The molecule has 1 saturated heterocycles. The Kier molecular flexibility index (Phi) is 5.75. The van der Waals surface area contributed by atoms with Crippen molar-refractivity contribution < 1.29 is 13.6 Å². The van der Waals surface area contributed by atoms with Crippen LogP contribution in [-0.4, -0.2) is 64.8 Å². The zero-order chi connectivity index (χ0) is 27.4. The molecule has 0 amide bonds. The lowest BCUT2D eigenvalue weighted by atomic mass is 10.1. The summed E-state index contributed by atoms with van der Waals surface area (Å²) in [7, 11) is 0. The molecule has 6 aromatic heterocycles. The maximum absolute atomic E-state index is 13.6. The van der Waals surface area contributed by atoms with Crippen LogP contribution in [0, 0.1) is 0 Å². The highest BCUT2D eigenvalue weighted by atomic mass is 32.1. The van der Waals surface area contributed by atoms with Gasteiger partial charge in [0.15, 0.2) is 17.3 Å². The monoisotopic (exact) mass is 556 g/mol. The molecule has 7 heterocycles. The number of thiophene rings is 1. The molecule has 0 bridgehead atoms. The molecule has 1 aliphatic heterocycles. The van der Waals surface area contributed by atoms with Gasteiger partial charge in [0.1, 0.15) is 16.9 Å². The number of hydrogen-bond acceptors (Lipinski definition) is 8. The third-order valence-corrected chi connectivity index (χ3v) is 8.21. The first-order chi connectivity index (χ1) is 19.3. The van der Waals surface area contributed by atoms with Gasteiger partial charge in [0.2, 0.25) is 0 Å². The van der Waals surface area contributed by atoms with Crippen LogP contribution >= 0.6 is 11.3 Å². The zero-order valence-corrected chi connectivity index (χ0v) is 22.1. The average molecular weight is 557 g/mol. The fourth-order valence-corrected chi connectivity index (χ4v) is 5.96. The summed E-state index contributed by atoms with van der Waals surface area (Å²) in [6.07, 6.45) is 6.76. The number of imidazole rings is 1. The number of rotatable bonds is 6. The Morgan fingerprint density at radius 1 is 1.12 bits per heavy atom. The van der Waals surface area contributed by atoms with Crippen LogP contribution in [0.25, 0.3) is 55.3 Å². The Bertz CT molecular complexity index is 1910. The van der Waals surface area contributed by atoms with E-state index in [0.717, 1.165) is 32.5 Å². The van der Waals surface area contributed by atoms with Crippen molar-refractivity contribution in [3.63, 3.8) is 0 Å². The van der Waals surface area contributed by atoms with Crippen LogP contribution in [0.3, 0.4) is 0 Å². The zero-order valence-electron chi connectivity index (χ0n) is 21.3. The predicted octanol–water partition coefficient (Wildman–Crippen LogP) is 5.73. The maximum Gasteiger partial charge on any atom is 0.261 e. The first kappa shape index (κ1) is 24.6. The van der Waals surface area contributed by atoms with Crippen molar-refractivity contribution in [1.82, 2.24) is 40.0 Å². The summed E-state index contributed by atoms with van der Waals surface area (Å²) in [6.45, 7) is 2.09. The summed E-state index contributed by atoms with van der Waals surface area (Å²) in [5.74, 6) is -2.04. The molecule has 0 radical (unpaired) electrons. The SMILES string of the molecule is CC(=O)c1ccc(-c2nccc3[nH]c(-c4[nH]nc5ncc(-c6cncc(CN7CCC(F)(F)C7)c6)cc45)nc23)s1. The van der Waals surface area contributed by atoms with E-state index in [4.69, 9.17) is 4.98 Å². The van der Waals surface area contributed by atoms with Gasteiger partial charge >= 0.3 is 0 Å². The smallest absolute Gasteiger partial charge is 0.261 e. The minimum Gasteiger partial charge on any atom is -0.337 e. The number of likely N-dealkylation sites (tertiary alicyclic amines) is 1. The molecule has 12 heteroatoms. The van der Waals surface area contributed by atoms with Crippen LogP contribution in [0.15, 0.2) is 55.1 Å². The van der Waals surface area contributed by atoms with Crippen molar-refractivity contribution in [2.75, 3.05) is 13.1 Å². The number of carbonyl (C=O) groups is 1. The Labute approximate surface area is 230 Å². The topological polar surface area (TPSA) is 116 Å². The van der Waals surface area contributed by atoms with E-state index in [9.17, 15) is 13.6 Å². The molecule has 6 aromatic rings. The third kappa shape index (κ3) is 4.44. The van der Waals surface area contributed by atoms with E-state index in [1.165, 1.54) is 11.3 Å². The van der Waals surface area contributed by atoms with Gasteiger partial charge < -0.3 is 4.98 Å². The van der Waals surface area contributed by atoms with Gasteiger partial charge in [0.05, 0.1) is 27.2 Å². The number of carbonyl (C=O) groups excluding carboxylic acids is 1. The van der Waals surface area contributed by atoms with E-state index in [2.05, 4.69) is 30.1 Å². The molecule has 2 N–H and O–H groups in total. The molecule has 7 rings (SSSR count). The highest BCUT2D eigenvalue weighted by Crippen LogP contribution is 2.34. The number of Topliss-reactive ketones (excluding diaryl/α,β-unsaturated/α-hetero) is 1. The van der Waals surface area contributed by atoms with Crippen LogP contribution in [0.5, 0.6) is 0 Å². The van der Waals surface area contributed by atoms with Crippen LogP contribution in [0.2, 0.25) is 0 Å². The number of nitrogens with one attached hydrogen (secondary N) is 2.